The van der Waals surface area contributed by atoms with E-state index in [4.69, 9.17) is 25.7 Å². The van der Waals surface area contributed by atoms with Gasteiger partial charge in [0.1, 0.15) is 5.82 Å². The Morgan fingerprint density at radius 2 is 1.59 bits per heavy atom. The first-order chi connectivity index (χ1) is 10.6. The van der Waals surface area contributed by atoms with E-state index in [0.717, 1.165) is 5.56 Å². The minimum Gasteiger partial charge on any atom is -0.493 e. The van der Waals surface area contributed by atoms with E-state index in [9.17, 15) is 0 Å². The first-order valence-electron chi connectivity index (χ1n) is 6.45. The number of hydrogen-bond acceptors (Lipinski definition) is 7. The van der Waals surface area contributed by atoms with Gasteiger partial charge in [-0.3, -0.25) is 0 Å². The van der Waals surface area contributed by atoms with Gasteiger partial charge in [0.2, 0.25) is 11.7 Å². The van der Waals surface area contributed by atoms with Gasteiger partial charge in [0.15, 0.2) is 11.5 Å². The molecule has 0 amide bonds. The van der Waals surface area contributed by atoms with Gasteiger partial charge in [-0.15, -0.1) is 0 Å². The molecule has 0 spiro atoms. The lowest BCUT2D eigenvalue weighted by molar-refractivity contribution is 0.324. The Hall–Kier alpha value is -2.96. The van der Waals surface area contributed by atoms with Crippen molar-refractivity contribution in [3.05, 3.63) is 29.5 Å². The standard InChI is InChI=1S/C15H18N4O3/c1-20-11-6-9(7-12(21-2)13(11)22-3)4-5-10-8-18-15(17)19-14(10)16/h4-8H,1-3H3,(H4,16,17,18,19)/b5-4-. The lowest BCUT2D eigenvalue weighted by atomic mass is 10.1. The summed E-state index contributed by atoms with van der Waals surface area (Å²) in [5, 5.41) is 0. The fraction of sp³-hybridized carbons (Fsp3) is 0.200. The average molecular weight is 302 g/mol. The number of hydrogen-bond donors (Lipinski definition) is 2. The normalized spacial score (nSPS) is 10.7. The van der Waals surface area contributed by atoms with Crippen LogP contribution in [-0.2, 0) is 0 Å². The number of benzene rings is 1. The maximum Gasteiger partial charge on any atom is 0.221 e. The largest absolute Gasteiger partial charge is 0.493 e. The van der Waals surface area contributed by atoms with E-state index >= 15 is 0 Å². The van der Waals surface area contributed by atoms with Crippen molar-refractivity contribution in [1.29, 1.82) is 0 Å². The minimum absolute atomic E-state index is 0.141. The summed E-state index contributed by atoms with van der Waals surface area (Å²) in [4.78, 5) is 7.82. The molecule has 1 aromatic heterocycles. The van der Waals surface area contributed by atoms with Crippen molar-refractivity contribution >= 4 is 23.9 Å². The van der Waals surface area contributed by atoms with Crippen molar-refractivity contribution in [2.75, 3.05) is 32.8 Å². The van der Waals surface area contributed by atoms with Crippen molar-refractivity contribution in [3.63, 3.8) is 0 Å². The topological polar surface area (TPSA) is 106 Å². The molecule has 0 atom stereocenters. The van der Waals surface area contributed by atoms with Crippen LogP contribution in [0.5, 0.6) is 17.2 Å². The van der Waals surface area contributed by atoms with E-state index in [1.54, 1.807) is 33.6 Å². The van der Waals surface area contributed by atoms with Gasteiger partial charge in [-0.1, -0.05) is 6.08 Å². The summed E-state index contributed by atoms with van der Waals surface area (Å²) in [6.07, 6.45) is 5.19. The summed E-state index contributed by atoms with van der Waals surface area (Å²) in [6.45, 7) is 0. The van der Waals surface area contributed by atoms with Crippen molar-refractivity contribution in [2.24, 2.45) is 0 Å². The van der Waals surface area contributed by atoms with Crippen LogP contribution in [0.2, 0.25) is 0 Å². The third-order valence-corrected chi connectivity index (χ3v) is 3.01. The summed E-state index contributed by atoms with van der Waals surface area (Å²) >= 11 is 0. The summed E-state index contributed by atoms with van der Waals surface area (Å²) in [5.74, 6) is 2.14. The molecule has 0 saturated carbocycles. The van der Waals surface area contributed by atoms with Gasteiger partial charge >= 0.3 is 0 Å². The van der Waals surface area contributed by atoms with Crippen LogP contribution in [0.3, 0.4) is 0 Å². The van der Waals surface area contributed by atoms with Gasteiger partial charge < -0.3 is 25.7 Å². The molecule has 0 aliphatic heterocycles. The molecule has 0 fully saturated rings. The first kappa shape index (κ1) is 15.4. The quantitative estimate of drug-likeness (QED) is 0.868. The lowest BCUT2D eigenvalue weighted by Gasteiger charge is -2.12. The van der Waals surface area contributed by atoms with Gasteiger partial charge in [0.25, 0.3) is 0 Å². The number of methoxy groups -OCH3 is 3. The molecule has 116 valence electrons. The highest BCUT2D eigenvalue weighted by atomic mass is 16.5. The molecule has 0 bridgehead atoms. The van der Waals surface area contributed by atoms with E-state index in [0.29, 0.717) is 28.6 Å². The predicted molar refractivity (Wildman–Crippen MR) is 85.9 cm³/mol. The van der Waals surface area contributed by atoms with Crippen LogP contribution in [-0.4, -0.2) is 31.3 Å². The molecule has 0 aliphatic carbocycles. The van der Waals surface area contributed by atoms with Gasteiger partial charge in [0.05, 0.1) is 21.3 Å². The second-order valence-corrected chi connectivity index (χ2v) is 4.36. The maximum absolute atomic E-state index is 5.79. The molecular weight excluding hydrogens is 284 g/mol. The van der Waals surface area contributed by atoms with Crippen LogP contribution < -0.4 is 25.7 Å². The molecule has 22 heavy (non-hydrogen) atoms. The van der Waals surface area contributed by atoms with E-state index in [1.165, 1.54) is 0 Å². The van der Waals surface area contributed by atoms with Gasteiger partial charge in [0, 0.05) is 11.8 Å². The zero-order valence-corrected chi connectivity index (χ0v) is 12.7. The Balaban J connectivity index is 2.38. The Labute approximate surface area is 128 Å². The molecule has 7 heteroatoms. The van der Waals surface area contributed by atoms with Crippen LogP contribution in [0, 0.1) is 0 Å². The number of nitrogens with zero attached hydrogens (tertiary/aromatic N) is 2. The van der Waals surface area contributed by atoms with E-state index in [2.05, 4.69) is 9.97 Å². The fourth-order valence-electron chi connectivity index (χ4n) is 1.93. The Bertz CT molecular complexity index is 676. The summed E-state index contributed by atoms with van der Waals surface area (Å²) in [7, 11) is 4.69. The van der Waals surface area contributed by atoms with Crippen LogP contribution in [0.1, 0.15) is 11.1 Å². The molecule has 2 rings (SSSR count). The molecular formula is C15H18N4O3. The minimum atomic E-state index is 0.141. The van der Waals surface area contributed by atoms with Crippen molar-refractivity contribution in [1.82, 2.24) is 9.97 Å². The monoisotopic (exact) mass is 302 g/mol. The highest BCUT2D eigenvalue weighted by Gasteiger charge is 2.12. The molecule has 0 radical (unpaired) electrons. The SMILES string of the molecule is COc1cc(/C=C\c2cnc(N)nc2N)cc(OC)c1OC. The fourth-order valence-corrected chi connectivity index (χ4v) is 1.93. The van der Waals surface area contributed by atoms with Crippen molar-refractivity contribution < 1.29 is 14.2 Å². The van der Waals surface area contributed by atoms with E-state index in [1.807, 2.05) is 18.2 Å². The van der Waals surface area contributed by atoms with Crippen LogP contribution in [0.15, 0.2) is 18.3 Å². The number of anilines is 2. The molecule has 2 aromatic rings. The van der Waals surface area contributed by atoms with Gasteiger partial charge in [-0.2, -0.15) is 4.98 Å². The molecule has 0 saturated heterocycles. The highest BCUT2D eigenvalue weighted by Crippen LogP contribution is 2.38. The third kappa shape index (κ3) is 3.20. The molecule has 0 aliphatic rings. The Morgan fingerprint density at radius 3 is 2.09 bits per heavy atom. The van der Waals surface area contributed by atoms with Crippen LogP contribution in [0.4, 0.5) is 11.8 Å². The second-order valence-electron chi connectivity index (χ2n) is 4.36. The number of ether oxygens (including phenoxy) is 3. The van der Waals surface area contributed by atoms with Gasteiger partial charge in [-0.25, -0.2) is 4.98 Å². The summed E-state index contributed by atoms with van der Waals surface area (Å²) < 4.78 is 15.9. The van der Waals surface area contributed by atoms with Crippen LogP contribution in [0.25, 0.3) is 12.2 Å². The zero-order valence-electron chi connectivity index (χ0n) is 12.7. The lowest BCUT2D eigenvalue weighted by Crippen LogP contribution is -2.00. The van der Waals surface area contributed by atoms with Crippen molar-refractivity contribution in [3.8, 4) is 17.2 Å². The second kappa shape index (κ2) is 6.66. The molecule has 1 heterocycles. The zero-order chi connectivity index (χ0) is 16.1. The third-order valence-electron chi connectivity index (χ3n) is 3.01. The maximum atomic E-state index is 5.79. The molecule has 4 N–H and O–H groups in total. The summed E-state index contributed by atoms with van der Waals surface area (Å²) in [5.41, 5.74) is 12.8. The molecule has 7 nitrogen and oxygen atoms in total. The molecule has 0 unspecified atom stereocenters. The first-order valence-corrected chi connectivity index (χ1v) is 6.45. The number of aromatic nitrogens is 2. The van der Waals surface area contributed by atoms with E-state index in [-0.39, 0.29) is 5.95 Å². The van der Waals surface area contributed by atoms with Crippen LogP contribution >= 0.6 is 0 Å². The number of nitrogen functional groups attached to an aromatic ring is 2. The average Bonchev–Trinajstić information content (AvgIpc) is 2.52. The predicted octanol–water partition coefficient (Wildman–Crippen LogP) is 1.84. The Morgan fingerprint density at radius 1 is 0.955 bits per heavy atom. The van der Waals surface area contributed by atoms with Gasteiger partial charge in [-0.05, 0) is 23.8 Å². The molecule has 1 aromatic carbocycles. The smallest absolute Gasteiger partial charge is 0.221 e. The highest BCUT2D eigenvalue weighted by molar-refractivity contribution is 5.76. The summed E-state index contributed by atoms with van der Waals surface area (Å²) in [6, 6.07) is 3.65. The van der Waals surface area contributed by atoms with E-state index < -0.39 is 0 Å². The Kier molecular flexibility index (Phi) is 4.67. The number of rotatable bonds is 5. The number of nitrogens with two attached hydrogens (primary N) is 2. The van der Waals surface area contributed by atoms with Crippen molar-refractivity contribution in [2.45, 2.75) is 0 Å².